The summed E-state index contributed by atoms with van der Waals surface area (Å²) in [6, 6.07) is 14.3. The van der Waals surface area contributed by atoms with Crippen molar-refractivity contribution in [3.05, 3.63) is 71.6 Å². The molecule has 31 heavy (non-hydrogen) atoms. The van der Waals surface area contributed by atoms with Crippen LogP contribution in [0.3, 0.4) is 0 Å². The lowest BCUT2D eigenvalue weighted by atomic mass is 10.1. The van der Waals surface area contributed by atoms with Crippen molar-refractivity contribution in [2.45, 2.75) is 13.0 Å². The van der Waals surface area contributed by atoms with Crippen LogP contribution in [0.4, 0.5) is 10.1 Å². The maximum Gasteiger partial charge on any atom is 0.265 e. The molecule has 0 aliphatic rings. The van der Waals surface area contributed by atoms with Crippen molar-refractivity contribution in [1.82, 2.24) is 14.6 Å². The average Bonchev–Trinajstić information content (AvgIpc) is 3.18. The molecule has 0 fully saturated rings. The molecule has 0 aliphatic carbocycles. The molecule has 0 saturated carbocycles. The predicted octanol–water partition coefficient (Wildman–Crippen LogP) is 4.60. The zero-order valence-corrected chi connectivity index (χ0v) is 17.4. The summed E-state index contributed by atoms with van der Waals surface area (Å²) >= 11 is 6.27. The molecule has 2 heterocycles. The van der Waals surface area contributed by atoms with Gasteiger partial charge in [-0.25, -0.2) is 13.9 Å². The molecule has 0 spiro atoms. The summed E-state index contributed by atoms with van der Waals surface area (Å²) in [6.07, 6.45) is 0.885. The van der Waals surface area contributed by atoms with E-state index in [0.717, 1.165) is 5.56 Å². The summed E-state index contributed by atoms with van der Waals surface area (Å²) < 4.78 is 25.6. The van der Waals surface area contributed by atoms with Crippen LogP contribution in [-0.4, -0.2) is 33.7 Å². The number of aromatic nitrogens is 3. The van der Waals surface area contributed by atoms with E-state index in [1.54, 1.807) is 61.1 Å². The van der Waals surface area contributed by atoms with Crippen LogP contribution in [0.1, 0.15) is 6.92 Å². The molecule has 7 nitrogen and oxygen atoms in total. The van der Waals surface area contributed by atoms with Crippen molar-refractivity contribution in [3.63, 3.8) is 0 Å². The third kappa shape index (κ3) is 4.59. The summed E-state index contributed by atoms with van der Waals surface area (Å²) in [7, 11) is 1.54. The molecule has 2 aromatic carbocycles. The highest BCUT2D eigenvalue weighted by Crippen LogP contribution is 2.29. The van der Waals surface area contributed by atoms with Gasteiger partial charge in [0.1, 0.15) is 11.6 Å². The lowest BCUT2D eigenvalue weighted by Gasteiger charge is -2.16. The van der Waals surface area contributed by atoms with Gasteiger partial charge in [0.2, 0.25) is 5.88 Å². The highest BCUT2D eigenvalue weighted by molar-refractivity contribution is 6.33. The number of nitrogens with one attached hydrogen (secondary N) is 1. The van der Waals surface area contributed by atoms with Gasteiger partial charge < -0.3 is 14.8 Å². The zero-order valence-electron chi connectivity index (χ0n) is 16.7. The number of nitrogens with zero attached hydrogens (tertiary/aromatic N) is 3. The second-order valence-corrected chi connectivity index (χ2v) is 7.11. The van der Waals surface area contributed by atoms with E-state index >= 15 is 0 Å². The fourth-order valence-corrected chi connectivity index (χ4v) is 3.09. The first-order valence-electron chi connectivity index (χ1n) is 9.36. The number of fused-ring (bicyclic) bond motifs is 1. The first-order chi connectivity index (χ1) is 14.9. The normalized spacial score (nSPS) is 11.9. The van der Waals surface area contributed by atoms with Gasteiger partial charge in [-0.2, -0.15) is 0 Å². The van der Waals surface area contributed by atoms with Gasteiger partial charge in [-0.15, -0.1) is 5.10 Å². The van der Waals surface area contributed by atoms with Crippen molar-refractivity contribution in [2.24, 2.45) is 0 Å². The smallest absolute Gasteiger partial charge is 0.265 e. The van der Waals surface area contributed by atoms with E-state index in [1.165, 1.54) is 18.2 Å². The molecule has 1 N–H and O–H groups in total. The van der Waals surface area contributed by atoms with Gasteiger partial charge in [-0.3, -0.25) is 4.79 Å². The van der Waals surface area contributed by atoms with Crippen molar-refractivity contribution < 1.29 is 18.7 Å². The molecule has 9 heteroatoms. The predicted molar refractivity (Wildman–Crippen MR) is 115 cm³/mol. The van der Waals surface area contributed by atoms with E-state index in [1.807, 2.05) is 0 Å². The maximum atomic E-state index is 13.3. The first-order valence-corrected chi connectivity index (χ1v) is 9.74. The fraction of sp³-hybridized carbons (Fsp3) is 0.136. The van der Waals surface area contributed by atoms with E-state index in [0.29, 0.717) is 27.9 Å². The standard InChI is InChI=1S/C22H18ClFN4O3/c1-13(31-16-5-3-4-15(24)11-16)22(29)26-18-10-14(6-7-17(18)23)19-12-28-20(25-19)8-9-21(27-28)30-2/h3-13H,1-2H3,(H,26,29). The molecular formula is C22H18ClFN4O3. The Bertz CT molecular complexity index is 1260. The zero-order chi connectivity index (χ0) is 22.0. The maximum absolute atomic E-state index is 13.3. The summed E-state index contributed by atoms with van der Waals surface area (Å²) in [6.45, 7) is 1.57. The number of carbonyl (C=O) groups is 1. The van der Waals surface area contributed by atoms with Crippen LogP contribution in [-0.2, 0) is 4.79 Å². The molecular weight excluding hydrogens is 423 g/mol. The Labute approximate surface area is 182 Å². The lowest BCUT2D eigenvalue weighted by Crippen LogP contribution is -2.30. The Morgan fingerprint density at radius 3 is 2.81 bits per heavy atom. The molecule has 0 radical (unpaired) electrons. The molecule has 158 valence electrons. The topological polar surface area (TPSA) is 77.8 Å². The van der Waals surface area contributed by atoms with E-state index < -0.39 is 17.8 Å². The number of methoxy groups -OCH3 is 1. The fourth-order valence-electron chi connectivity index (χ4n) is 2.93. The van der Waals surface area contributed by atoms with E-state index in [-0.39, 0.29) is 5.75 Å². The second-order valence-electron chi connectivity index (χ2n) is 6.71. The minimum absolute atomic E-state index is 0.259. The van der Waals surface area contributed by atoms with Gasteiger partial charge in [0.15, 0.2) is 11.8 Å². The van der Waals surface area contributed by atoms with Gasteiger partial charge in [0.05, 0.1) is 29.7 Å². The summed E-state index contributed by atoms with van der Waals surface area (Å²) in [5.41, 5.74) is 2.44. The van der Waals surface area contributed by atoms with Crippen LogP contribution in [0.25, 0.3) is 16.9 Å². The highest BCUT2D eigenvalue weighted by atomic mass is 35.5. The SMILES string of the molecule is COc1ccc2nc(-c3ccc(Cl)c(NC(=O)C(C)Oc4cccc(F)c4)c3)cn2n1. The van der Waals surface area contributed by atoms with E-state index in [2.05, 4.69) is 15.4 Å². The quantitative estimate of drug-likeness (QED) is 0.474. The van der Waals surface area contributed by atoms with E-state index in [4.69, 9.17) is 21.1 Å². The first kappa shape index (κ1) is 20.6. The molecule has 1 amide bonds. The van der Waals surface area contributed by atoms with Gasteiger partial charge in [-0.05, 0) is 37.3 Å². The molecule has 0 aliphatic heterocycles. The van der Waals surface area contributed by atoms with Gasteiger partial charge in [-0.1, -0.05) is 23.7 Å². The number of halogens is 2. The number of imidazole rings is 1. The number of benzene rings is 2. The third-order valence-electron chi connectivity index (χ3n) is 4.50. The largest absolute Gasteiger partial charge is 0.481 e. The molecule has 0 bridgehead atoms. The van der Waals surface area contributed by atoms with Crippen molar-refractivity contribution in [2.75, 3.05) is 12.4 Å². The third-order valence-corrected chi connectivity index (χ3v) is 4.83. The Balaban J connectivity index is 1.54. The number of ether oxygens (including phenoxy) is 2. The number of amides is 1. The monoisotopic (exact) mass is 440 g/mol. The summed E-state index contributed by atoms with van der Waals surface area (Å²) in [5, 5.41) is 7.40. The van der Waals surface area contributed by atoms with Gasteiger partial charge >= 0.3 is 0 Å². The molecule has 0 saturated heterocycles. The Morgan fingerprint density at radius 1 is 1.19 bits per heavy atom. The molecule has 4 rings (SSSR count). The number of hydrogen-bond donors (Lipinski definition) is 1. The van der Waals surface area contributed by atoms with E-state index in [9.17, 15) is 9.18 Å². The summed E-state index contributed by atoms with van der Waals surface area (Å²) in [5.74, 6) is -0.145. The van der Waals surface area contributed by atoms with Gasteiger partial charge in [0, 0.05) is 17.7 Å². The Kier molecular flexibility index (Phi) is 5.73. The van der Waals surface area contributed by atoms with Crippen LogP contribution in [0, 0.1) is 5.82 Å². The average molecular weight is 441 g/mol. The van der Waals surface area contributed by atoms with Crippen molar-refractivity contribution >= 4 is 28.8 Å². The minimum Gasteiger partial charge on any atom is -0.481 e. The van der Waals surface area contributed by atoms with Crippen LogP contribution < -0.4 is 14.8 Å². The Hall–Kier alpha value is -3.65. The molecule has 2 aromatic heterocycles. The number of hydrogen-bond acceptors (Lipinski definition) is 5. The van der Waals surface area contributed by atoms with Crippen molar-refractivity contribution in [1.29, 1.82) is 0 Å². The second kappa shape index (κ2) is 8.61. The highest BCUT2D eigenvalue weighted by Gasteiger charge is 2.17. The molecule has 4 aromatic rings. The van der Waals surface area contributed by atoms with Crippen LogP contribution >= 0.6 is 11.6 Å². The van der Waals surface area contributed by atoms with Crippen LogP contribution in [0.2, 0.25) is 5.02 Å². The van der Waals surface area contributed by atoms with Crippen molar-refractivity contribution in [3.8, 4) is 22.9 Å². The van der Waals surface area contributed by atoms with Crippen LogP contribution in [0.5, 0.6) is 11.6 Å². The Morgan fingerprint density at radius 2 is 2.03 bits per heavy atom. The number of rotatable bonds is 6. The number of carbonyl (C=O) groups excluding carboxylic acids is 1. The van der Waals surface area contributed by atoms with Gasteiger partial charge in [0.25, 0.3) is 5.91 Å². The van der Waals surface area contributed by atoms with Crippen LogP contribution in [0.15, 0.2) is 60.8 Å². The number of anilines is 1. The molecule has 1 unspecified atom stereocenters. The minimum atomic E-state index is -0.867. The molecule has 1 atom stereocenters. The lowest BCUT2D eigenvalue weighted by molar-refractivity contribution is -0.122. The summed E-state index contributed by atoms with van der Waals surface area (Å²) in [4.78, 5) is 17.1.